The third-order valence-electron chi connectivity index (χ3n) is 4.60. The van der Waals surface area contributed by atoms with Crippen molar-refractivity contribution >= 4 is 11.7 Å². The Hall–Kier alpha value is -1.85. The molecule has 2 fully saturated rings. The summed E-state index contributed by atoms with van der Waals surface area (Å²) in [4.78, 5) is 2.33. The number of aromatic nitrogens is 2. The van der Waals surface area contributed by atoms with E-state index in [0.29, 0.717) is 11.6 Å². The second-order valence-electron chi connectivity index (χ2n) is 5.70. The maximum atomic E-state index is 8.94. The quantitative estimate of drug-likeness (QED) is 0.371. The van der Waals surface area contributed by atoms with E-state index >= 15 is 0 Å². The van der Waals surface area contributed by atoms with E-state index < -0.39 is 0 Å². The van der Waals surface area contributed by atoms with E-state index in [0.717, 1.165) is 18.3 Å². The third kappa shape index (κ3) is 2.30. The van der Waals surface area contributed by atoms with Crippen molar-refractivity contribution in [1.82, 2.24) is 10.2 Å². The molecular weight excluding hydrogens is 254 g/mol. The molecule has 1 aliphatic carbocycles. The summed E-state index contributed by atoms with van der Waals surface area (Å²) in [6.07, 6.45) is 9.18. The fourth-order valence-electron chi connectivity index (χ4n) is 3.68. The van der Waals surface area contributed by atoms with Crippen LogP contribution in [0.3, 0.4) is 0 Å². The Labute approximate surface area is 118 Å². The Morgan fingerprint density at radius 3 is 2.95 bits per heavy atom. The number of piperidine rings is 1. The predicted octanol–water partition coefficient (Wildman–Crippen LogP) is 1.73. The highest BCUT2D eigenvalue weighted by atomic mass is 16.4. The molecule has 20 heavy (non-hydrogen) atoms. The molecule has 0 radical (unpaired) electrons. The van der Waals surface area contributed by atoms with Crippen molar-refractivity contribution in [3.8, 4) is 0 Å². The molecule has 2 atom stereocenters. The molecule has 1 aromatic heterocycles. The number of hydrogen-bond donors (Lipinski definition) is 2. The Balaban J connectivity index is 1.95. The summed E-state index contributed by atoms with van der Waals surface area (Å²) >= 11 is 0. The van der Waals surface area contributed by atoms with Gasteiger partial charge in [0.2, 0.25) is 0 Å². The highest BCUT2D eigenvalue weighted by molar-refractivity contribution is 6.01. The minimum atomic E-state index is 0.104. The number of hydrogen-bond acceptors (Lipinski definition) is 5. The van der Waals surface area contributed by atoms with Gasteiger partial charge in [0.25, 0.3) is 0 Å². The SMILES string of the molecule is N/C(=N/O)c1ccnnc1N1CCC[C@H]2CCCC[C@H]21. The molecule has 1 aliphatic heterocycles. The molecule has 1 saturated heterocycles. The van der Waals surface area contributed by atoms with Gasteiger partial charge in [0.1, 0.15) is 0 Å². The first kappa shape index (κ1) is 13.1. The lowest BCUT2D eigenvalue weighted by Crippen LogP contribution is -2.48. The van der Waals surface area contributed by atoms with Crippen molar-refractivity contribution in [2.24, 2.45) is 16.8 Å². The summed E-state index contributed by atoms with van der Waals surface area (Å²) in [5, 5.41) is 20.3. The van der Waals surface area contributed by atoms with Crippen LogP contribution in [0.2, 0.25) is 0 Å². The molecule has 0 spiro atoms. The van der Waals surface area contributed by atoms with Crippen LogP contribution in [0, 0.1) is 5.92 Å². The highest BCUT2D eigenvalue weighted by Crippen LogP contribution is 2.37. The fraction of sp³-hybridized carbons (Fsp3) is 0.643. The van der Waals surface area contributed by atoms with E-state index in [1.807, 2.05) is 0 Å². The number of oxime groups is 1. The Morgan fingerprint density at radius 1 is 1.30 bits per heavy atom. The smallest absolute Gasteiger partial charge is 0.173 e. The first-order valence-electron chi connectivity index (χ1n) is 7.37. The number of anilines is 1. The van der Waals surface area contributed by atoms with Crippen LogP contribution in [0.4, 0.5) is 5.82 Å². The summed E-state index contributed by atoms with van der Waals surface area (Å²) in [6.45, 7) is 0.978. The van der Waals surface area contributed by atoms with Crippen LogP contribution in [0.15, 0.2) is 17.4 Å². The zero-order valence-electron chi connectivity index (χ0n) is 11.6. The monoisotopic (exact) mass is 275 g/mol. The Morgan fingerprint density at radius 2 is 2.10 bits per heavy atom. The topological polar surface area (TPSA) is 87.6 Å². The lowest BCUT2D eigenvalue weighted by molar-refractivity contribution is 0.242. The molecule has 1 aromatic rings. The van der Waals surface area contributed by atoms with Gasteiger partial charge in [-0.3, -0.25) is 0 Å². The Bertz CT molecular complexity index is 502. The number of nitrogens with two attached hydrogens (primary N) is 1. The van der Waals surface area contributed by atoms with Crippen LogP contribution in [0.5, 0.6) is 0 Å². The number of fused-ring (bicyclic) bond motifs is 1. The fourth-order valence-corrected chi connectivity index (χ4v) is 3.68. The van der Waals surface area contributed by atoms with Crippen LogP contribution < -0.4 is 10.6 Å². The molecule has 2 aliphatic rings. The normalized spacial score (nSPS) is 27.2. The van der Waals surface area contributed by atoms with Crippen molar-refractivity contribution < 1.29 is 5.21 Å². The molecule has 0 bridgehead atoms. The first-order chi connectivity index (χ1) is 9.81. The summed E-state index contributed by atoms with van der Waals surface area (Å²) in [5.74, 6) is 1.62. The van der Waals surface area contributed by atoms with Crippen molar-refractivity contribution in [2.45, 2.75) is 44.6 Å². The third-order valence-corrected chi connectivity index (χ3v) is 4.60. The largest absolute Gasteiger partial charge is 0.409 e. The van der Waals surface area contributed by atoms with E-state index in [9.17, 15) is 0 Å². The molecule has 0 amide bonds. The van der Waals surface area contributed by atoms with Crippen molar-refractivity contribution in [2.75, 3.05) is 11.4 Å². The molecule has 0 aromatic carbocycles. The van der Waals surface area contributed by atoms with Crippen LogP contribution in [0.25, 0.3) is 0 Å². The molecule has 1 saturated carbocycles. The molecule has 3 N–H and O–H groups in total. The van der Waals surface area contributed by atoms with Gasteiger partial charge in [-0.25, -0.2) is 0 Å². The van der Waals surface area contributed by atoms with Crippen LogP contribution in [-0.4, -0.2) is 33.8 Å². The molecule has 6 heteroatoms. The molecule has 6 nitrogen and oxygen atoms in total. The molecule has 2 heterocycles. The van der Waals surface area contributed by atoms with Gasteiger partial charge in [-0.05, 0) is 37.7 Å². The molecule has 3 rings (SSSR count). The second kappa shape index (κ2) is 5.64. The van der Waals surface area contributed by atoms with Gasteiger partial charge >= 0.3 is 0 Å². The van der Waals surface area contributed by atoms with E-state index in [1.54, 1.807) is 12.3 Å². The summed E-state index contributed by atoms with van der Waals surface area (Å²) < 4.78 is 0. The van der Waals surface area contributed by atoms with Crippen LogP contribution in [0.1, 0.15) is 44.1 Å². The molecule has 108 valence electrons. The number of nitrogens with zero attached hydrogens (tertiary/aromatic N) is 4. The van der Waals surface area contributed by atoms with Gasteiger partial charge in [0, 0.05) is 12.6 Å². The molecular formula is C14H21N5O. The van der Waals surface area contributed by atoms with Gasteiger partial charge in [0.15, 0.2) is 11.7 Å². The average molecular weight is 275 g/mol. The van der Waals surface area contributed by atoms with Gasteiger partial charge < -0.3 is 15.8 Å². The summed E-state index contributed by atoms with van der Waals surface area (Å²) in [7, 11) is 0. The number of rotatable bonds is 2. The zero-order valence-corrected chi connectivity index (χ0v) is 11.6. The van der Waals surface area contributed by atoms with Gasteiger partial charge in [-0.1, -0.05) is 18.0 Å². The highest BCUT2D eigenvalue weighted by Gasteiger charge is 2.35. The number of amidine groups is 1. The van der Waals surface area contributed by atoms with Crippen molar-refractivity contribution in [3.63, 3.8) is 0 Å². The van der Waals surface area contributed by atoms with E-state index in [-0.39, 0.29) is 5.84 Å². The predicted molar refractivity (Wildman–Crippen MR) is 76.9 cm³/mol. The van der Waals surface area contributed by atoms with Crippen molar-refractivity contribution in [1.29, 1.82) is 0 Å². The maximum Gasteiger partial charge on any atom is 0.173 e. The van der Waals surface area contributed by atoms with E-state index in [4.69, 9.17) is 10.9 Å². The van der Waals surface area contributed by atoms with Crippen molar-refractivity contribution in [3.05, 3.63) is 17.8 Å². The minimum absolute atomic E-state index is 0.104. The van der Waals surface area contributed by atoms with Gasteiger partial charge in [-0.15, -0.1) is 5.10 Å². The van der Waals surface area contributed by atoms with Crippen LogP contribution in [-0.2, 0) is 0 Å². The van der Waals surface area contributed by atoms with E-state index in [2.05, 4.69) is 20.3 Å². The maximum absolute atomic E-state index is 8.94. The lowest BCUT2D eigenvalue weighted by Gasteiger charge is -2.45. The van der Waals surface area contributed by atoms with Gasteiger partial charge in [-0.2, -0.15) is 5.10 Å². The standard InChI is InChI=1S/C14H21N5O/c15-13(18-20)11-7-8-16-17-14(11)19-9-3-5-10-4-1-2-6-12(10)19/h7-8,10,12,20H,1-6,9H2,(H2,15,18)/t10-,12-/m1/s1. The second-order valence-corrected chi connectivity index (χ2v) is 5.70. The van der Waals surface area contributed by atoms with E-state index in [1.165, 1.54) is 38.5 Å². The summed E-state index contributed by atoms with van der Waals surface area (Å²) in [5.41, 5.74) is 6.45. The first-order valence-corrected chi connectivity index (χ1v) is 7.37. The zero-order chi connectivity index (χ0) is 13.9. The lowest BCUT2D eigenvalue weighted by atomic mass is 9.78. The minimum Gasteiger partial charge on any atom is -0.409 e. The van der Waals surface area contributed by atoms with Gasteiger partial charge in [0.05, 0.1) is 11.8 Å². The average Bonchev–Trinajstić information content (AvgIpc) is 2.53. The summed E-state index contributed by atoms with van der Waals surface area (Å²) in [6, 6.07) is 2.29. The molecule has 0 unspecified atom stereocenters. The Kier molecular flexibility index (Phi) is 3.71. The van der Waals surface area contributed by atoms with Crippen LogP contribution >= 0.6 is 0 Å².